The van der Waals surface area contributed by atoms with Gasteiger partial charge < -0.3 is 15.0 Å². The van der Waals surface area contributed by atoms with Crippen LogP contribution in [0.1, 0.15) is 24.2 Å². The molecule has 0 aliphatic carbocycles. The van der Waals surface area contributed by atoms with Crippen LogP contribution < -0.4 is 10.2 Å². The highest BCUT2D eigenvalue weighted by molar-refractivity contribution is 7.89. The number of ether oxygens (including phenoxy) is 1. The molecule has 1 aliphatic rings. The molecule has 7 nitrogen and oxygen atoms in total. The highest BCUT2D eigenvalue weighted by Gasteiger charge is 2.22. The van der Waals surface area contributed by atoms with Crippen molar-refractivity contribution in [1.29, 1.82) is 0 Å². The first-order valence-corrected chi connectivity index (χ1v) is 11.7. The van der Waals surface area contributed by atoms with Gasteiger partial charge in [-0.1, -0.05) is 25.4 Å². The lowest BCUT2D eigenvalue weighted by Gasteiger charge is -2.30. The summed E-state index contributed by atoms with van der Waals surface area (Å²) in [6.07, 6.45) is 0. The monoisotopic (exact) mass is 451 g/mol. The second-order valence-electron chi connectivity index (χ2n) is 6.83. The summed E-state index contributed by atoms with van der Waals surface area (Å²) in [6.45, 7) is 7.06. The molecule has 162 valence electrons. The number of nitrogens with one attached hydrogen (secondary N) is 1. The first-order valence-electron chi connectivity index (χ1n) is 9.90. The number of nitrogens with zero attached hydrogens (tertiary/aromatic N) is 2. The van der Waals surface area contributed by atoms with Crippen LogP contribution in [0.5, 0.6) is 0 Å². The van der Waals surface area contributed by atoms with Crippen molar-refractivity contribution >= 4 is 38.9 Å². The predicted octanol–water partition coefficient (Wildman–Crippen LogP) is 3.46. The van der Waals surface area contributed by atoms with E-state index in [0.717, 1.165) is 18.8 Å². The summed E-state index contributed by atoms with van der Waals surface area (Å²) in [4.78, 5) is 15.1. The van der Waals surface area contributed by atoms with Crippen molar-refractivity contribution in [3.63, 3.8) is 0 Å². The van der Waals surface area contributed by atoms with Crippen LogP contribution >= 0.6 is 11.6 Å². The largest absolute Gasteiger partial charge is 0.378 e. The Bertz CT molecular complexity index is 986. The Morgan fingerprint density at radius 2 is 1.73 bits per heavy atom. The zero-order chi connectivity index (χ0) is 21.7. The highest BCUT2D eigenvalue weighted by atomic mass is 35.5. The molecule has 0 spiro atoms. The maximum atomic E-state index is 12.8. The van der Waals surface area contributed by atoms with E-state index in [4.69, 9.17) is 16.3 Å². The number of amides is 1. The third-order valence-electron chi connectivity index (χ3n) is 5.02. The minimum atomic E-state index is -3.56. The topological polar surface area (TPSA) is 79.0 Å². The van der Waals surface area contributed by atoms with Gasteiger partial charge in [-0.15, -0.1) is 0 Å². The molecule has 0 unspecified atom stereocenters. The van der Waals surface area contributed by atoms with Crippen LogP contribution in [-0.2, 0) is 14.8 Å². The fourth-order valence-electron chi connectivity index (χ4n) is 3.37. The third-order valence-corrected chi connectivity index (χ3v) is 7.32. The van der Waals surface area contributed by atoms with Crippen LogP contribution in [0.15, 0.2) is 47.4 Å². The molecule has 2 aromatic carbocycles. The lowest BCUT2D eigenvalue weighted by atomic mass is 10.2. The second-order valence-corrected chi connectivity index (χ2v) is 9.20. The van der Waals surface area contributed by atoms with Gasteiger partial charge >= 0.3 is 0 Å². The number of halogens is 1. The molecule has 1 aliphatic heterocycles. The molecule has 1 N–H and O–H groups in total. The summed E-state index contributed by atoms with van der Waals surface area (Å²) in [6, 6.07) is 11.3. The van der Waals surface area contributed by atoms with E-state index in [9.17, 15) is 13.2 Å². The van der Waals surface area contributed by atoms with E-state index in [-0.39, 0.29) is 10.8 Å². The summed E-state index contributed by atoms with van der Waals surface area (Å²) in [7, 11) is -3.56. The van der Waals surface area contributed by atoms with Crippen LogP contribution in [0, 0.1) is 0 Å². The molecule has 0 atom stereocenters. The van der Waals surface area contributed by atoms with Crippen LogP contribution in [0.25, 0.3) is 0 Å². The van der Waals surface area contributed by atoms with Gasteiger partial charge in [0.1, 0.15) is 0 Å². The Morgan fingerprint density at radius 3 is 2.33 bits per heavy atom. The van der Waals surface area contributed by atoms with Gasteiger partial charge in [0, 0.05) is 36.8 Å². The van der Waals surface area contributed by atoms with E-state index in [2.05, 4.69) is 10.2 Å². The summed E-state index contributed by atoms with van der Waals surface area (Å²) >= 11 is 6.15. The SMILES string of the molecule is CCN(CC)S(=O)(=O)c1ccc(C(=O)Nc2cc(Cl)ccc2N2CCOCC2)cc1. The third kappa shape index (κ3) is 4.95. The minimum absolute atomic E-state index is 0.166. The number of carbonyl (C=O) groups is 1. The number of morpholine rings is 1. The average molecular weight is 452 g/mol. The molecule has 1 fully saturated rings. The zero-order valence-electron chi connectivity index (χ0n) is 17.1. The van der Waals surface area contributed by atoms with Gasteiger partial charge in [0.15, 0.2) is 0 Å². The smallest absolute Gasteiger partial charge is 0.255 e. The number of carbonyl (C=O) groups excluding carboxylic acids is 1. The van der Waals surface area contributed by atoms with E-state index in [0.29, 0.717) is 42.6 Å². The fraction of sp³-hybridized carbons (Fsp3) is 0.381. The molecule has 0 radical (unpaired) electrons. The Hall–Kier alpha value is -2.13. The molecular weight excluding hydrogens is 426 g/mol. The van der Waals surface area contributed by atoms with Gasteiger partial charge in [0.2, 0.25) is 10.0 Å². The van der Waals surface area contributed by atoms with Gasteiger partial charge in [-0.25, -0.2) is 8.42 Å². The minimum Gasteiger partial charge on any atom is -0.378 e. The zero-order valence-corrected chi connectivity index (χ0v) is 18.7. The Balaban J connectivity index is 1.81. The van der Waals surface area contributed by atoms with Crippen molar-refractivity contribution in [2.24, 2.45) is 0 Å². The average Bonchev–Trinajstić information content (AvgIpc) is 2.75. The summed E-state index contributed by atoms with van der Waals surface area (Å²) in [5.74, 6) is -0.335. The number of benzene rings is 2. The first-order chi connectivity index (χ1) is 14.4. The van der Waals surface area contributed by atoms with Gasteiger partial charge in [0.05, 0.1) is 29.5 Å². The van der Waals surface area contributed by atoms with Gasteiger partial charge in [-0.05, 0) is 42.5 Å². The molecule has 1 heterocycles. The molecule has 1 amide bonds. The standard InChI is InChI=1S/C21H26ClN3O4S/c1-3-25(4-2)30(27,28)18-8-5-16(6-9-18)21(26)23-19-15-17(22)7-10-20(19)24-11-13-29-14-12-24/h5-10,15H,3-4,11-14H2,1-2H3,(H,23,26). The summed E-state index contributed by atoms with van der Waals surface area (Å²) < 4.78 is 32.0. The normalized spacial score (nSPS) is 14.7. The molecular formula is C21H26ClN3O4S. The van der Waals surface area contributed by atoms with Crippen molar-refractivity contribution in [3.8, 4) is 0 Å². The van der Waals surface area contributed by atoms with Crippen LogP contribution in [0.2, 0.25) is 5.02 Å². The van der Waals surface area contributed by atoms with Crippen molar-refractivity contribution < 1.29 is 17.9 Å². The van der Waals surface area contributed by atoms with Crippen molar-refractivity contribution in [3.05, 3.63) is 53.1 Å². The van der Waals surface area contributed by atoms with Crippen molar-refractivity contribution in [1.82, 2.24) is 4.31 Å². The van der Waals surface area contributed by atoms with E-state index < -0.39 is 10.0 Å². The quantitative estimate of drug-likeness (QED) is 0.697. The lowest BCUT2D eigenvalue weighted by Crippen LogP contribution is -2.36. The lowest BCUT2D eigenvalue weighted by molar-refractivity contribution is 0.102. The molecule has 30 heavy (non-hydrogen) atoms. The molecule has 0 saturated carbocycles. The van der Waals surface area contributed by atoms with Crippen LogP contribution in [0.3, 0.4) is 0 Å². The molecule has 0 aromatic heterocycles. The Labute approximate surface area is 182 Å². The molecule has 2 aromatic rings. The van der Waals surface area contributed by atoms with E-state index in [1.807, 2.05) is 6.07 Å². The predicted molar refractivity (Wildman–Crippen MR) is 119 cm³/mol. The summed E-state index contributed by atoms with van der Waals surface area (Å²) in [5.41, 5.74) is 1.84. The number of hydrogen-bond acceptors (Lipinski definition) is 5. The number of sulfonamides is 1. The Morgan fingerprint density at radius 1 is 1.10 bits per heavy atom. The molecule has 9 heteroatoms. The Kier molecular flexibility index (Phi) is 7.36. The molecule has 1 saturated heterocycles. The highest BCUT2D eigenvalue weighted by Crippen LogP contribution is 2.30. The van der Waals surface area contributed by atoms with Crippen LogP contribution in [0.4, 0.5) is 11.4 Å². The van der Waals surface area contributed by atoms with Gasteiger partial charge in [-0.2, -0.15) is 4.31 Å². The van der Waals surface area contributed by atoms with E-state index in [1.54, 1.807) is 26.0 Å². The summed E-state index contributed by atoms with van der Waals surface area (Å²) in [5, 5.41) is 3.42. The van der Waals surface area contributed by atoms with E-state index >= 15 is 0 Å². The first kappa shape index (κ1) is 22.6. The van der Waals surface area contributed by atoms with Gasteiger partial charge in [-0.3, -0.25) is 4.79 Å². The second kappa shape index (κ2) is 9.78. The maximum Gasteiger partial charge on any atom is 0.255 e. The fourth-order valence-corrected chi connectivity index (χ4v) is 5.00. The van der Waals surface area contributed by atoms with E-state index in [1.165, 1.54) is 28.6 Å². The van der Waals surface area contributed by atoms with Crippen LogP contribution in [-0.4, -0.2) is 58.0 Å². The molecule has 3 rings (SSSR count). The number of hydrogen-bond donors (Lipinski definition) is 1. The molecule has 0 bridgehead atoms. The van der Waals surface area contributed by atoms with Crippen molar-refractivity contribution in [2.45, 2.75) is 18.7 Å². The van der Waals surface area contributed by atoms with Crippen molar-refractivity contribution in [2.75, 3.05) is 49.6 Å². The number of anilines is 2. The maximum absolute atomic E-state index is 12.8. The number of rotatable bonds is 7. The van der Waals surface area contributed by atoms with Gasteiger partial charge in [0.25, 0.3) is 5.91 Å².